The lowest BCUT2D eigenvalue weighted by atomic mass is 9.95. The largest absolute Gasteiger partial charge is 0.497 e. The van der Waals surface area contributed by atoms with Gasteiger partial charge in [0.2, 0.25) is 21.8 Å². The monoisotopic (exact) mass is 561 g/mol. The molecule has 2 aromatic carbocycles. The number of halogens is 1. The van der Waals surface area contributed by atoms with Crippen molar-refractivity contribution in [2.45, 2.75) is 76.9 Å². The van der Waals surface area contributed by atoms with Gasteiger partial charge in [0, 0.05) is 25.6 Å². The van der Waals surface area contributed by atoms with Gasteiger partial charge in [0.25, 0.3) is 0 Å². The molecule has 2 aromatic rings. The van der Waals surface area contributed by atoms with Gasteiger partial charge in [-0.1, -0.05) is 38.3 Å². The molecule has 1 saturated carbocycles. The molecule has 0 saturated heterocycles. The molecule has 0 spiro atoms. The van der Waals surface area contributed by atoms with Gasteiger partial charge in [-0.2, -0.15) is 0 Å². The highest BCUT2D eigenvalue weighted by molar-refractivity contribution is 7.92. The summed E-state index contributed by atoms with van der Waals surface area (Å²) < 4.78 is 44.8. The Hall–Kier alpha value is -3.14. The van der Waals surface area contributed by atoms with Crippen LogP contribution in [0.4, 0.5) is 10.1 Å². The quantitative estimate of drug-likeness (QED) is 0.385. The highest BCUT2D eigenvalue weighted by Crippen LogP contribution is 2.22. The molecular formula is C29H40FN3O5S. The van der Waals surface area contributed by atoms with E-state index in [9.17, 15) is 22.4 Å². The third-order valence-electron chi connectivity index (χ3n) is 7.09. The molecule has 1 fully saturated rings. The average molecular weight is 562 g/mol. The number of anilines is 1. The summed E-state index contributed by atoms with van der Waals surface area (Å²) in [5.41, 5.74) is 1.16. The Balaban J connectivity index is 1.76. The number of carbonyl (C=O) groups is 2. The summed E-state index contributed by atoms with van der Waals surface area (Å²) in [5, 5.41) is 3.16. The van der Waals surface area contributed by atoms with Crippen LogP contribution in [0.1, 0.15) is 63.9 Å². The van der Waals surface area contributed by atoms with Crippen molar-refractivity contribution in [3.8, 4) is 5.75 Å². The average Bonchev–Trinajstić information content (AvgIpc) is 2.91. The van der Waals surface area contributed by atoms with Crippen LogP contribution in [0.15, 0.2) is 48.5 Å². The Labute approximate surface area is 231 Å². The fourth-order valence-corrected chi connectivity index (χ4v) is 6.01. The van der Waals surface area contributed by atoms with Gasteiger partial charge in [0.1, 0.15) is 17.6 Å². The van der Waals surface area contributed by atoms with E-state index in [1.807, 2.05) is 31.2 Å². The van der Waals surface area contributed by atoms with E-state index in [-0.39, 0.29) is 43.8 Å². The molecule has 10 heteroatoms. The Morgan fingerprint density at radius 2 is 1.79 bits per heavy atom. The van der Waals surface area contributed by atoms with Crippen molar-refractivity contribution in [1.29, 1.82) is 0 Å². The van der Waals surface area contributed by atoms with Crippen molar-refractivity contribution in [3.63, 3.8) is 0 Å². The van der Waals surface area contributed by atoms with E-state index < -0.39 is 21.9 Å². The molecule has 1 atom stereocenters. The fraction of sp³-hybridized carbons (Fsp3) is 0.517. The van der Waals surface area contributed by atoms with Gasteiger partial charge >= 0.3 is 0 Å². The first kappa shape index (κ1) is 30.4. The zero-order chi connectivity index (χ0) is 28.4. The number of carbonyl (C=O) groups excluding carboxylic acids is 2. The van der Waals surface area contributed by atoms with Crippen molar-refractivity contribution < 1.29 is 27.1 Å². The number of sulfonamides is 1. The second kappa shape index (κ2) is 14.3. The van der Waals surface area contributed by atoms with Crippen LogP contribution in [0.3, 0.4) is 0 Å². The lowest BCUT2D eigenvalue weighted by Crippen LogP contribution is -2.51. The Bertz CT molecular complexity index is 1200. The van der Waals surface area contributed by atoms with Gasteiger partial charge < -0.3 is 15.0 Å². The van der Waals surface area contributed by atoms with E-state index in [0.717, 1.165) is 37.5 Å². The fourth-order valence-electron chi connectivity index (χ4n) is 5.04. The molecule has 39 heavy (non-hydrogen) atoms. The molecule has 0 unspecified atom stereocenters. The molecule has 0 radical (unpaired) electrons. The Morgan fingerprint density at radius 1 is 1.10 bits per heavy atom. The van der Waals surface area contributed by atoms with Crippen LogP contribution in [0.5, 0.6) is 5.75 Å². The van der Waals surface area contributed by atoms with Crippen molar-refractivity contribution in [2.75, 3.05) is 24.2 Å². The number of hydrogen-bond acceptors (Lipinski definition) is 5. The second-order valence-corrected chi connectivity index (χ2v) is 12.0. The van der Waals surface area contributed by atoms with Crippen LogP contribution < -0.4 is 14.4 Å². The zero-order valence-corrected chi connectivity index (χ0v) is 23.9. The summed E-state index contributed by atoms with van der Waals surface area (Å²) in [7, 11) is -2.08. The van der Waals surface area contributed by atoms with Crippen molar-refractivity contribution >= 4 is 27.5 Å². The predicted molar refractivity (Wildman–Crippen MR) is 150 cm³/mol. The van der Waals surface area contributed by atoms with Crippen molar-refractivity contribution in [3.05, 3.63) is 59.9 Å². The van der Waals surface area contributed by atoms with Gasteiger partial charge in [-0.05, 0) is 67.6 Å². The molecular weight excluding hydrogens is 521 g/mol. The first-order valence-electron chi connectivity index (χ1n) is 13.6. The van der Waals surface area contributed by atoms with E-state index in [0.29, 0.717) is 17.9 Å². The molecule has 1 N–H and O–H groups in total. The summed E-state index contributed by atoms with van der Waals surface area (Å²) in [5.74, 6) is -0.212. The molecule has 0 aliphatic heterocycles. The van der Waals surface area contributed by atoms with Crippen LogP contribution in [0.25, 0.3) is 0 Å². The maximum absolute atomic E-state index is 13.6. The molecule has 3 rings (SSSR count). The molecule has 8 nitrogen and oxygen atoms in total. The summed E-state index contributed by atoms with van der Waals surface area (Å²) in [4.78, 5) is 28.6. The number of nitrogens with one attached hydrogen (secondary N) is 1. The number of amides is 2. The number of hydrogen-bond donors (Lipinski definition) is 1. The van der Waals surface area contributed by atoms with Crippen LogP contribution >= 0.6 is 0 Å². The van der Waals surface area contributed by atoms with E-state index >= 15 is 0 Å². The first-order valence-corrected chi connectivity index (χ1v) is 15.4. The molecule has 0 bridgehead atoms. The highest BCUT2D eigenvalue weighted by atomic mass is 32.2. The SMILES string of the molecule is CC[C@H](C(=O)NC1CCCCC1)N(Cc1cccc(OC)c1)C(=O)CCCN(c1ccc(F)cc1)S(C)(=O)=O. The summed E-state index contributed by atoms with van der Waals surface area (Å²) in [6.45, 7) is 2.16. The number of ether oxygens (including phenoxy) is 1. The lowest BCUT2D eigenvalue weighted by Gasteiger charge is -2.33. The summed E-state index contributed by atoms with van der Waals surface area (Å²) in [6, 6.07) is 12.0. The maximum atomic E-state index is 13.6. The van der Waals surface area contributed by atoms with Gasteiger partial charge in [0.15, 0.2) is 0 Å². The Morgan fingerprint density at radius 3 is 2.41 bits per heavy atom. The van der Waals surface area contributed by atoms with Crippen LogP contribution in [-0.4, -0.2) is 57.1 Å². The van der Waals surface area contributed by atoms with Crippen LogP contribution in [0, 0.1) is 5.82 Å². The molecule has 1 aliphatic rings. The predicted octanol–water partition coefficient (Wildman–Crippen LogP) is 4.64. The molecule has 214 valence electrons. The maximum Gasteiger partial charge on any atom is 0.243 e. The number of nitrogens with zero attached hydrogens (tertiary/aromatic N) is 2. The van der Waals surface area contributed by atoms with E-state index in [1.165, 1.54) is 35.0 Å². The van der Waals surface area contributed by atoms with Crippen LogP contribution in [-0.2, 0) is 26.2 Å². The standard InChI is InChI=1S/C29H40FN3O5S/c1-4-27(29(35)31-24-11-6-5-7-12-24)32(21-22-10-8-13-26(20-22)38-2)28(34)14-9-19-33(39(3,36)37)25-17-15-23(30)16-18-25/h8,10,13,15-18,20,24,27H,4-7,9,11-12,14,19,21H2,1-3H3,(H,31,35)/t27-/m1/s1. The van der Waals surface area contributed by atoms with E-state index in [2.05, 4.69) is 5.32 Å². The third kappa shape index (κ3) is 8.95. The Kier molecular flexibility index (Phi) is 11.2. The lowest BCUT2D eigenvalue weighted by molar-refractivity contribution is -0.141. The summed E-state index contributed by atoms with van der Waals surface area (Å²) >= 11 is 0. The van der Waals surface area contributed by atoms with Crippen molar-refractivity contribution in [1.82, 2.24) is 10.2 Å². The van der Waals surface area contributed by atoms with E-state index in [4.69, 9.17) is 4.74 Å². The number of rotatable bonds is 13. The van der Waals surface area contributed by atoms with Crippen LogP contribution in [0.2, 0.25) is 0 Å². The zero-order valence-electron chi connectivity index (χ0n) is 23.1. The smallest absolute Gasteiger partial charge is 0.243 e. The summed E-state index contributed by atoms with van der Waals surface area (Å²) in [6.07, 6.45) is 7.02. The second-order valence-electron chi connectivity index (χ2n) is 10.1. The number of benzene rings is 2. The normalized spacial score (nSPS) is 14.9. The number of methoxy groups -OCH3 is 1. The van der Waals surface area contributed by atoms with Gasteiger partial charge in [-0.25, -0.2) is 12.8 Å². The topological polar surface area (TPSA) is 96.0 Å². The minimum atomic E-state index is -3.65. The van der Waals surface area contributed by atoms with Crippen molar-refractivity contribution in [2.24, 2.45) is 0 Å². The first-order chi connectivity index (χ1) is 18.6. The highest BCUT2D eigenvalue weighted by Gasteiger charge is 2.30. The van der Waals surface area contributed by atoms with Gasteiger partial charge in [0.05, 0.1) is 19.1 Å². The minimum absolute atomic E-state index is 0.0460. The molecule has 0 heterocycles. The molecule has 1 aliphatic carbocycles. The van der Waals surface area contributed by atoms with E-state index in [1.54, 1.807) is 12.0 Å². The van der Waals surface area contributed by atoms with Gasteiger partial charge in [-0.3, -0.25) is 13.9 Å². The molecule has 0 aromatic heterocycles. The van der Waals surface area contributed by atoms with Gasteiger partial charge in [-0.15, -0.1) is 0 Å². The third-order valence-corrected chi connectivity index (χ3v) is 8.29. The minimum Gasteiger partial charge on any atom is -0.497 e. The molecule has 2 amide bonds.